The number of anilines is 2. The van der Waals surface area contributed by atoms with E-state index in [-0.39, 0.29) is 52.4 Å². The van der Waals surface area contributed by atoms with E-state index < -0.39 is 33.9 Å². The number of nitrogen functional groups attached to an aromatic ring is 1. The second-order valence-electron chi connectivity index (χ2n) is 14.1. The van der Waals surface area contributed by atoms with E-state index in [0.29, 0.717) is 37.4 Å². The Morgan fingerprint density at radius 2 is 1.90 bits per heavy atom. The van der Waals surface area contributed by atoms with Crippen molar-refractivity contribution in [1.29, 1.82) is 0 Å². The van der Waals surface area contributed by atoms with Gasteiger partial charge in [-0.15, -0.1) is 18.3 Å². The highest BCUT2D eigenvalue weighted by Gasteiger charge is 2.68. The van der Waals surface area contributed by atoms with Crippen LogP contribution in [0.5, 0.6) is 0 Å². The lowest BCUT2D eigenvalue weighted by Crippen LogP contribution is -2.63. The van der Waals surface area contributed by atoms with Gasteiger partial charge in [-0.25, -0.2) is 0 Å². The van der Waals surface area contributed by atoms with E-state index in [4.69, 9.17) is 10.5 Å². The van der Waals surface area contributed by atoms with Crippen molar-refractivity contribution in [3.05, 3.63) is 33.1 Å². The summed E-state index contributed by atoms with van der Waals surface area (Å²) in [7, 11) is 2.01. The fourth-order valence-corrected chi connectivity index (χ4v) is 10.0. The molecule has 42 heavy (non-hydrogen) atoms. The van der Waals surface area contributed by atoms with Crippen LogP contribution in [0.1, 0.15) is 59.8 Å². The van der Waals surface area contributed by atoms with Gasteiger partial charge in [0.05, 0.1) is 17.9 Å². The van der Waals surface area contributed by atoms with E-state index in [1.165, 1.54) is 11.8 Å². The normalized spacial score (nSPS) is 40.8. The SMILES string of the molecule is C=C[C@]1(C)C[C@@H](OC(=O)CSCC2CN(C)CCN2c2c(N)c(=O)c2=O)[C@]2(C)[C@H](C)CC[C@]3(CCC(=O)[C@H]32)[C@@H](C)[C@@H]1O. The summed E-state index contributed by atoms with van der Waals surface area (Å²) in [6, 6.07) is -0.0816. The van der Waals surface area contributed by atoms with Gasteiger partial charge < -0.3 is 25.4 Å². The molecule has 3 saturated carbocycles. The number of Topliss-reactive ketones (excluding diaryl/α,β-unsaturated/α-hetero) is 1. The molecule has 4 aliphatic rings. The number of hydrogen-bond donors (Lipinski definition) is 2. The number of ketones is 1. The van der Waals surface area contributed by atoms with Gasteiger partial charge >= 0.3 is 5.97 Å². The Morgan fingerprint density at radius 3 is 2.57 bits per heavy atom. The summed E-state index contributed by atoms with van der Waals surface area (Å²) in [5, 5.41) is 11.7. The van der Waals surface area contributed by atoms with Gasteiger partial charge in [0.1, 0.15) is 23.3 Å². The molecular formula is C32H47N3O6S. The number of aliphatic hydroxyl groups is 1. The minimum Gasteiger partial charge on any atom is -0.461 e. The number of esters is 1. The molecule has 9 atom stereocenters. The maximum Gasteiger partial charge on any atom is 0.316 e. The summed E-state index contributed by atoms with van der Waals surface area (Å²) in [6.07, 6.45) is 4.06. The minimum atomic E-state index is -0.700. The number of thioether (sulfide) groups is 1. The molecule has 3 N–H and O–H groups in total. The van der Waals surface area contributed by atoms with Gasteiger partial charge in [-0.3, -0.25) is 19.2 Å². The van der Waals surface area contributed by atoms with Crippen LogP contribution in [0.2, 0.25) is 0 Å². The highest BCUT2D eigenvalue weighted by molar-refractivity contribution is 7.99. The van der Waals surface area contributed by atoms with Crippen molar-refractivity contribution in [2.45, 2.75) is 78.0 Å². The third-order valence-corrected chi connectivity index (χ3v) is 13.1. The Morgan fingerprint density at radius 1 is 1.19 bits per heavy atom. The standard InChI is InChI=1S/C32H47N3O6S/c1-7-30(4)14-22(31(5)18(2)8-10-32(19(3)29(30)40)11-9-21(36)28(31)32)41-23(37)17-42-16-20-15-34(6)12-13-35(20)25-24(33)26(38)27(25)39/h7,18-20,22,28-29,40H,1,8-17,33H2,2-6H3/t18-,19+,20?,22-,28+,29+,30-,31+,32+/m1/s1. The Labute approximate surface area is 252 Å². The number of rotatable bonds is 7. The second-order valence-corrected chi connectivity index (χ2v) is 15.1. The van der Waals surface area contributed by atoms with Crippen molar-refractivity contribution in [2.75, 3.05) is 48.8 Å². The fourth-order valence-electron chi connectivity index (χ4n) is 9.10. The van der Waals surface area contributed by atoms with E-state index >= 15 is 0 Å². The number of nitrogens with two attached hydrogens (primary N) is 1. The van der Waals surface area contributed by atoms with Crippen LogP contribution in [-0.4, -0.2) is 78.2 Å². The Balaban J connectivity index is 1.35. The molecule has 2 bridgehead atoms. The molecule has 3 aliphatic carbocycles. The lowest BCUT2D eigenvalue weighted by molar-refractivity contribution is -0.205. The number of ether oxygens (including phenoxy) is 1. The van der Waals surface area contributed by atoms with E-state index in [1.54, 1.807) is 0 Å². The average Bonchev–Trinajstić information content (AvgIpc) is 3.32. The Hall–Kier alpha value is -2.17. The molecule has 1 aliphatic heterocycles. The van der Waals surface area contributed by atoms with Crippen LogP contribution in [0, 0.1) is 34.0 Å². The second kappa shape index (κ2) is 11.1. The zero-order chi connectivity index (χ0) is 30.8. The van der Waals surface area contributed by atoms with Gasteiger partial charge in [0.15, 0.2) is 0 Å². The quantitative estimate of drug-likeness (QED) is 0.273. The first-order chi connectivity index (χ1) is 19.7. The highest BCUT2D eigenvalue weighted by Crippen LogP contribution is 2.68. The summed E-state index contributed by atoms with van der Waals surface area (Å²) < 4.78 is 6.36. The third kappa shape index (κ3) is 4.67. The molecule has 232 valence electrons. The number of carbonyl (C=O) groups is 2. The molecule has 0 aromatic heterocycles. The summed E-state index contributed by atoms with van der Waals surface area (Å²) in [5.41, 5.74) is 3.51. The van der Waals surface area contributed by atoms with Gasteiger partial charge in [-0.2, -0.15) is 0 Å². The molecule has 1 heterocycles. The number of aliphatic hydroxyl groups excluding tert-OH is 1. The van der Waals surface area contributed by atoms with Crippen molar-refractivity contribution in [1.82, 2.24) is 4.90 Å². The molecule has 1 unspecified atom stereocenters. The molecule has 9 nitrogen and oxygen atoms in total. The summed E-state index contributed by atoms with van der Waals surface area (Å²) in [5.74, 6) is 0.400. The lowest BCUT2D eigenvalue weighted by Gasteiger charge is -2.61. The molecule has 1 aromatic carbocycles. The highest BCUT2D eigenvalue weighted by atomic mass is 32.2. The van der Waals surface area contributed by atoms with Crippen LogP contribution in [0.4, 0.5) is 11.4 Å². The van der Waals surface area contributed by atoms with Gasteiger partial charge in [-0.1, -0.05) is 33.8 Å². The molecule has 1 aromatic rings. The van der Waals surface area contributed by atoms with Crippen molar-refractivity contribution in [3.8, 4) is 0 Å². The van der Waals surface area contributed by atoms with Crippen LogP contribution in [0.15, 0.2) is 22.2 Å². The monoisotopic (exact) mass is 601 g/mol. The van der Waals surface area contributed by atoms with E-state index in [2.05, 4.69) is 32.3 Å². The van der Waals surface area contributed by atoms with E-state index in [1.807, 2.05) is 24.9 Å². The molecular weight excluding hydrogens is 554 g/mol. The maximum atomic E-state index is 13.6. The maximum absolute atomic E-state index is 13.6. The lowest BCUT2D eigenvalue weighted by atomic mass is 9.44. The molecule has 10 heteroatoms. The van der Waals surface area contributed by atoms with Crippen molar-refractivity contribution in [3.63, 3.8) is 0 Å². The molecule has 0 spiro atoms. The number of nitrogens with zero attached hydrogens (tertiary/aromatic N) is 2. The van der Waals surface area contributed by atoms with Gasteiger partial charge in [0.25, 0.3) is 10.9 Å². The first kappa shape index (κ1) is 31.3. The van der Waals surface area contributed by atoms with Crippen molar-refractivity contribution in [2.24, 2.45) is 34.0 Å². The molecule has 5 rings (SSSR count). The first-order valence-electron chi connectivity index (χ1n) is 15.4. The third-order valence-electron chi connectivity index (χ3n) is 12.0. The van der Waals surface area contributed by atoms with Crippen molar-refractivity contribution < 1.29 is 19.4 Å². The van der Waals surface area contributed by atoms with Crippen LogP contribution in [0.3, 0.4) is 0 Å². The summed E-state index contributed by atoms with van der Waals surface area (Å²) >= 11 is 1.44. The van der Waals surface area contributed by atoms with Gasteiger partial charge in [0.2, 0.25) is 0 Å². The predicted octanol–water partition coefficient (Wildman–Crippen LogP) is 2.62. The van der Waals surface area contributed by atoms with Crippen LogP contribution < -0.4 is 21.5 Å². The Kier molecular flexibility index (Phi) is 8.24. The number of likely N-dealkylation sites (N-methyl/N-ethyl adjacent to an activating group) is 1. The Bertz CT molecular complexity index is 1330. The zero-order valence-corrected chi connectivity index (χ0v) is 26.5. The van der Waals surface area contributed by atoms with E-state index in [9.17, 15) is 24.3 Å². The molecule has 4 fully saturated rings. The summed E-state index contributed by atoms with van der Waals surface area (Å²) in [6.45, 7) is 14.5. The topological polar surface area (TPSA) is 130 Å². The fraction of sp³-hybridized carbons (Fsp3) is 0.750. The molecule has 0 radical (unpaired) electrons. The van der Waals surface area contributed by atoms with Gasteiger partial charge in [0, 0.05) is 48.6 Å². The van der Waals surface area contributed by atoms with Crippen LogP contribution in [-0.2, 0) is 14.3 Å². The largest absolute Gasteiger partial charge is 0.461 e. The predicted molar refractivity (Wildman–Crippen MR) is 166 cm³/mol. The van der Waals surface area contributed by atoms with Crippen LogP contribution >= 0.6 is 11.8 Å². The minimum absolute atomic E-state index is 0.0254. The molecule has 0 amide bonds. The van der Waals surface area contributed by atoms with E-state index in [0.717, 1.165) is 25.8 Å². The van der Waals surface area contributed by atoms with Crippen LogP contribution in [0.25, 0.3) is 0 Å². The van der Waals surface area contributed by atoms with Crippen molar-refractivity contribution >= 4 is 34.9 Å². The smallest absolute Gasteiger partial charge is 0.316 e. The summed E-state index contributed by atoms with van der Waals surface area (Å²) in [4.78, 5) is 55.2. The number of carbonyl (C=O) groups excluding carboxylic acids is 2. The molecule has 1 saturated heterocycles. The first-order valence-corrected chi connectivity index (χ1v) is 16.5. The number of hydrogen-bond acceptors (Lipinski definition) is 10. The number of piperazine rings is 1. The average molecular weight is 602 g/mol. The van der Waals surface area contributed by atoms with Gasteiger partial charge in [-0.05, 0) is 50.0 Å². The zero-order valence-electron chi connectivity index (χ0n) is 25.7.